The summed E-state index contributed by atoms with van der Waals surface area (Å²) in [6.07, 6.45) is 1.56. The van der Waals surface area contributed by atoms with Crippen LogP contribution in [0.1, 0.15) is 49.1 Å². The van der Waals surface area contributed by atoms with Gasteiger partial charge in [-0.2, -0.15) is 0 Å². The molecule has 0 radical (unpaired) electrons. The third-order valence-electron chi connectivity index (χ3n) is 7.84. The van der Waals surface area contributed by atoms with Crippen LogP contribution in [0.2, 0.25) is 5.15 Å². The summed E-state index contributed by atoms with van der Waals surface area (Å²) in [5, 5.41) is 18.4. The highest BCUT2D eigenvalue weighted by atomic mass is 35.5. The number of piperazine rings is 1. The van der Waals surface area contributed by atoms with Gasteiger partial charge in [0.15, 0.2) is 5.43 Å². The third-order valence-corrected chi connectivity index (χ3v) is 8.05. The van der Waals surface area contributed by atoms with E-state index in [1.54, 1.807) is 18.3 Å². The zero-order valence-electron chi connectivity index (χ0n) is 25.4. The number of hydrogen-bond donors (Lipinski definition) is 2. The second-order valence-electron chi connectivity index (χ2n) is 10.8. The molecule has 2 aromatic heterocycles. The van der Waals surface area contributed by atoms with Gasteiger partial charge in [-0.25, -0.2) is 4.98 Å². The molecule has 0 amide bonds. The molecule has 0 bridgehead atoms. The first-order valence-electron chi connectivity index (χ1n) is 14.7. The van der Waals surface area contributed by atoms with Crippen LogP contribution in [-0.2, 0) is 4.76 Å². The predicted octanol–water partition coefficient (Wildman–Crippen LogP) is 5.13. The number of hydrogen-bond acceptors (Lipinski definition) is 9. The van der Waals surface area contributed by atoms with Crippen molar-refractivity contribution in [1.82, 2.24) is 9.88 Å². The maximum absolute atomic E-state index is 13.6. The average Bonchev–Trinajstić information content (AvgIpc) is 3.01. The number of aryl methyl sites for hydroxylation is 1. The Labute approximate surface area is 257 Å². The van der Waals surface area contributed by atoms with Gasteiger partial charge in [0.05, 0.1) is 34.6 Å². The third kappa shape index (κ3) is 6.13. The van der Waals surface area contributed by atoms with Gasteiger partial charge in [-0.3, -0.25) is 4.79 Å². The lowest BCUT2D eigenvalue weighted by Gasteiger charge is -2.33. The first kappa shape index (κ1) is 30.6. The molecule has 11 heteroatoms. The normalized spacial score (nSPS) is 15.4. The number of oxime groups is 1. The van der Waals surface area contributed by atoms with Crippen molar-refractivity contribution in [3.05, 3.63) is 80.1 Å². The number of nitrogens with zero attached hydrogens (tertiary/aromatic N) is 4. The summed E-state index contributed by atoms with van der Waals surface area (Å²) >= 11 is 6.34. The first-order chi connectivity index (χ1) is 20.7. The Morgan fingerprint density at radius 1 is 1.07 bits per heavy atom. The molecule has 2 aromatic carbocycles. The van der Waals surface area contributed by atoms with Crippen LogP contribution in [0.15, 0.2) is 56.8 Å². The highest BCUT2D eigenvalue weighted by molar-refractivity contribution is 6.62. The van der Waals surface area contributed by atoms with E-state index < -0.39 is 7.12 Å². The quantitative estimate of drug-likeness (QED) is 0.240. The lowest BCUT2D eigenvalue weighted by molar-refractivity contribution is 0.286. The van der Waals surface area contributed by atoms with Crippen molar-refractivity contribution < 1.29 is 14.2 Å². The first-order valence-corrected chi connectivity index (χ1v) is 15.0. The second kappa shape index (κ2) is 12.8. The Bertz CT molecular complexity index is 1740. The highest BCUT2D eigenvalue weighted by Crippen LogP contribution is 2.35. The van der Waals surface area contributed by atoms with Gasteiger partial charge < -0.3 is 29.3 Å². The van der Waals surface area contributed by atoms with Crippen molar-refractivity contribution in [2.45, 2.75) is 40.7 Å². The zero-order chi connectivity index (χ0) is 30.8. The van der Waals surface area contributed by atoms with E-state index in [4.69, 9.17) is 20.8 Å². The van der Waals surface area contributed by atoms with Crippen LogP contribution in [0, 0.1) is 13.8 Å². The molecule has 4 heterocycles. The molecule has 1 unspecified atom stereocenters. The molecule has 2 N–H and O–H groups in total. The topological polar surface area (TPSA) is 103 Å². The molecular formula is C32H37BClN5O4. The van der Waals surface area contributed by atoms with Crippen molar-refractivity contribution in [1.29, 1.82) is 0 Å². The molecule has 6 rings (SSSR count). The van der Waals surface area contributed by atoms with Gasteiger partial charge in [-0.05, 0) is 63.2 Å². The van der Waals surface area contributed by atoms with Gasteiger partial charge in [0.1, 0.15) is 10.7 Å². The molecule has 43 heavy (non-hydrogen) atoms. The molecule has 0 aliphatic carbocycles. The molecule has 1 atom stereocenters. The van der Waals surface area contributed by atoms with Gasteiger partial charge >= 0.3 is 7.12 Å². The lowest BCUT2D eigenvalue weighted by Crippen LogP contribution is -2.45. The zero-order valence-corrected chi connectivity index (χ0v) is 26.2. The van der Waals surface area contributed by atoms with Gasteiger partial charge in [0.25, 0.3) is 0 Å². The number of rotatable bonds is 5. The van der Waals surface area contributed by atoms with Gasteiger partial charge in [-0.1, -0.05) is 43.6 Å². The number of anilines is 2. The van der Waals surface area contributed by atoms with E-state index in [1.807, 2.05) is 58.9 Å². The van der Waals surface area contributed by atoms with Gasteiger partial charge in [0.2, 0.25) is 5.88 Å². The monoisotopic (exact) mass is 601 g/mol. The fourth-order valence-electron chi connectivity index (χ4n) is 5.53. The van der Waals surface area contributed by atoms with Crippen LogP contribution in [0.25, 0.3) is 22.2 Å². The molecule has 0 spiro atoms. The molecule has 1 saturated heterocycles. The van der Waals surface area contributed by atoms with Crippen molar-refractivity contribution in [2.75, 3.05) is 43.4 Å². The van der Waals surface area contributed by atoms with Crippen LogP contribution in [0.4, 0.5) is 11.6 Å². The highest BCUT2D eigenvalue weighted by Gasteiger charge is 2.26. The standard InChI is InChI=1S/C30H31BClN5O4.C2H6/c1-17-13-22(29-23(14-17)28(38)18(2)30(40-29)37-11-9-36(4)10-12-37)19(3)34-25-7-8-26(32)35-27(25)20-5-6-24-21(15-20)16-33-41-31(24)39;1-2/h5-8,13-16,19,34,39H,9-12H2,1-4H3;1-2H3. The predicted molar refractivity (Wildman–Crippen MR) is 176 cm³/mol. The molecule has 1 fully saturated rings. The molecule has 224 valence electrons. The Morgan fingerprint density at radius 3 is 2.56 bits per heavy atom. The maximum atomic E-state index is 13.6. The Balaban J connectivity index is 0.00000180. The van der Waals surface area contributed by atoms with Crippen LogP contribution in [-0.4, -0.2) is 61.5 Å². The number of fused-ring (bicyclic) bond motifs is 2. The summed E-state index contributed by atoms with van der Waals surface area (Å²) in [5.74, 6) is 0.642. The molecule has 4 aromatic rings. The van der Waals surface area contributed by atoms with Crippen molar-refractivity contribution in [3.63, 3.8) is 0 Å². The summed E-state index contributed by atoms with van der Waals surface area (Å²) in [7, 11) is 0.988. The van der Waals surface area contributed by atoms with Crippen LogP contribution in [0.5, 0.6) is 0 Å². The van der Waals surface area contributed by atoms with Crippen LogP contribution in [0.3, 0.4) is 0 Å². The van der Waals surface area contributed by atoms with E-state index in [0.29, 0.717) is 38.7 Å². The van der Waals surface area contributed by atoms with Gasteiger partial charge in [0, 0.05) is 42.8 Å². The second-order valence-corrected chi connectivity index (χ2v) is 11.2. The fourth-order valence-corrected chi connectivity index (χ4v) is 5.68. The van der Waals surface area contributed by atoms with Gasteiger partial charge in [-0.15, -0.1) is 5.16 Å². The molecule has 2 aliphatic heterocycles. The van der Waals surface area contributed by atoms with E-state index in [2.05, 4.69) is 38.4 Å². The fraction of sp³-hybridized carbons (Fsp3) is 0.344. The summed E-state index contributed by atoms with van der Waals surface area (Å²) in [4.78, 5) is 22.6. The van der Waals surface area contributed by atoms with Crippen molar-refractivity contribution in [2.24, 2.45) is 5.16 Å². The molecule has 0 saturated carbocycles. The summed E-state index contributed by atoms with van der Waals surface area (Å²) in [6.45, 7) is 13.3. The number of pyridine rings is 1. The van der Waals surface area contributed by atoms with E-state index in [-0.39, 0.29) is 11.5 Å². The van der Waals surface area contributed by atoms with Crippen molar-refractivity contribution in [3.8, 4) is 11.3 Å². The number of likely N-dealkylation sites (N-methyl/N-ethyl adjacent to an activating group) is 1. The number of nitrogens with one attached hydrogen (secondary N) is 1. The molecule has 2 aliphatic rings. The average molecular weight is 602 g/mol. The smallest absolute Gasteiger partial charge is 0.440 e. The minimum Gasteiger partial charge on any atom is -0.440 e. The van der Waals surface area contributed by atoms with Crippen molar-refractivity contribution >= 4 is 52.9 Å². The Kier molecular flexibility index (Phi) is 9.10. The maximum Gasteiger partial charge on any atom is 0.583 e. The van der Waals surface area contributed by atoms with Crippen LogP contribution < -0.4 is 21.1 Å². The summed E-state index contributed by atoms with van der Waals surface area (Å²) < 4.78 is 11.5. The molecule has 9 nitrogen and oxygen atoms in total. The largest absolute Gasteiger partial charge is 0.583 e. The van der Waals surface area contributed by atoms with Crippen LogP contribution >= 0.6 is 11.6 Å². The molecular weight excluding hydrogens is 565 g/mol. The SMILES string of the molecule is CC.Cc1cc(C(C)Nc2ccc(Cl)nc2-c2ccc3c(c2)C=NOB3O)c2oc(N3CCN(C)CC3)c(C)c(=O)c2c1. The van der Waals surface area contributed by atoms with E-state index in [1.165, 1.54) is 0 Å². The summed E-state index contributed by atoms with van der Waals surface area (Å²) in [5.41, 5.74) is 6.64. The summed E-state index contributed by atoms with van der Waals surface area (Å²) in [6, 6.07) is 12.9. The number of benzene rings is 2. The minimum absolute atomic E-state index is 0.00642. The number of aromatic nitrogens is 1. The number of halogens is 1. The van der Waals surface area contributed by atoms with E-state index >= 15 is 0 Å². The van der Waals surface area contributed by atoms with E-state index in [0.717, 1.165) is 54.1 Å². The van der Waals surface area contributed by atoms with E-state index in [9.17, 15) is 9.82 Å². The minimum atomic E-state index is -1.11. The lowest BCUT2D eigenvalue weighted by atomic mass is 9.75. The Morgan fingerprint density at radius 2 is 1.81 bits per heavy atom. The Hall–Kier alpha value is -3.86.